The van der Waals surface area contributed by atoms with Crippen LogP contribution in [0.2, 0.25) is 0 Å². The van der Waals surface area contributed by atoms with Crippen molar-refractivity contribution in [3.8, 4) is 0 Å². The van der Waals surface area contributed by atoms with Gasteiger partial charge >= 0.3 is 0 Å². The van der Waals surface area contributed by atoms with E-state index in [4.69, 9.17) is 10.5 Å². The highest BCUT2D eigenvalue weighted by molar-refractivity contribution is 5.76. The number of nitrogen functional groups attached to an aromatic ring is 1. The third kappa shape index (κ3) is 5.40. The largest absolute Gasteiger partial charge is 0.388 e. The number of nitrogens with two attached hydrogens (primary N) is 1. The number of carbonyl (C=O) groups is 1. The SMILES string of the molecule is Cc1nc(N)nc(C)c1CCC(=O)N1CCCC(O)(CN2CCOCC2)CC1. The monoisotopic (exact) mass is 391 g/mol. The van der Waals surface area contributed by atoms with E-state index in [9.17, 15) is 9.90 Å². The highest BCUT2D eigenvalue weighted by Gasteiger charge is 2.33. The Morgan fingerprint density at radius 1 is 1.14 bits per heavy atom. The van der Waals surface area contributed by atoms with E-state index in [0.29, 0.717) is 38.9 Å². The van der Waals surface area contributed by atoms with Crippen molar-refractivity contribution in [2.75, 3.05) is 51.7 Å². The van der Waals surface area contributed by atoms with Gasteiger partial charge in [0.15, 0.2) is 0 Å². The first kappa shape index (κ1) is 21.0. The molecular formula is C20H33N5O3. The second-order valence-electron chi connectivity index (χ2n) is 8.08. The Hall–Kier alpha value is -1.77. The van der Waals surface area contributed by atoms with Crippen molar-refractivity contribution in [2.45, 2.75) is 51.6 Å². The van der Waals surface area contributed by atoms with Gasteiger partial charge in [0.1, 0.15) is 0 Å². The molecule has 1 aromatic rings. The van der Waals surface area contributed by atoms with Crippen LogP contribution >= 0.6 is 0 Å². The maximum absolute atomic E-state index is 12.8. The molecule has 2 aliphatic heterocycles. The van der Waals surface area contributed by atoms with Gasteiger partial charge in [-0.15, -0.1) is 0 Å². The minimum absolute atomic E-state index is 0.131. The molecule has 3 N–H and O–H groups in total. The molecule has 3 rings (SSSR count). The van der Waals surface area contributed by atoms with Crippen LogP contribution in [0.4, 0.5) is 5.95 Å². The van der Waals surface area contributed by atoms with E-state index in [1.165, 1.54) is 0 Å². The number of nitrogens with zero attached hydrogens (tertiary/aromatic N) is 4. The lowest BCUT2D eigenvalue weighted by atomic mass is 9.94. The Morgan fingerprint density at radius 3 is 2.50 bits per heavy atom. The molecule has 0 saturated carbocycles. The fraction of sp³-hybridized carbons (Fsp3) is 0.750. The third-order valence-electron chi connectivity index (χ3n) is 5.92. The van der Waals surface area contributed by atoms with Crippen molar-refractivity contribution in [1.29, 1.82) is 0 Å². The number of β-amino-alcohol motifs (C(OH)–C–C–N with tert-alkyl or cyclic N) is 1. The molecule has 0 bridgehead atoms. The van der Waals surface area contributed by atoms with Gasteiger partial charge in [0.05, 0.1) is 18.8 Å². The molecule has 0 radical (unpaired) electrons. The lowest BCUT2D eigenvalue weighted by molar-refractivity contribution is -0.131. The van der Waals surface area contributed by atoms with E-state index in [1.54, 1.807) is 0 Å². The maximum Gasteiger partial charge on any atom is 0.222 e. The van der Waals surface area contributed by atoms with Crippen LogP contribution in [0.5, 0.6) is 0 Å². The Labute approximate surface area is 167 Å². The van der Waals surface area contributed by atoms with Crippen LogP contribution in [0.1, 0.15) is 42.6 Å². The lowest BCUT2D eigenvalue weighted by Crippen LogP contribution is -2.48. The summed E-state index contributed by atoms with van der Waals surface area (Å²) in [6, 6.07) is 0. The van der Waals surface area contributed by atoms with Crippen molar-refractivity contribution in [2.24, 2.45) is 0 Å². The Bertz CT molecular complexity index is 669. The Kier molecular flexibility index (Phi) is 6.85. The van der Waals surface area contributed by atoms with Gasteiger partial charge in [0.25, 0.3) is 0 Å². The van der Waals surface area contributed by atoms with Crippen molar-refractivity contribution in [3.63, 3.8) is 0 Å². The van der Waals surface area contributed by atoms with Gasteiger partial charge in [-0.25, -0.2) is 9.97 Å². The molecule has 1 amide bonds. The number of likely N-dealkylation sites (tertiary alicyclic amines) is 1. The van der Waals surface area contributed by atoms with Crippen LogP contribution in [0.15, 0.2) is 0 Å². The number of carbonyl (C=O) groups excluding carboxylic acids is 1. The molecule has 156 valence electrons. The summed E-state index contributed by atoms with van der Waals surface area (Å²) in [6.07, 6.45) is 3.23. The summed E-state index contributed by atoms with van der Waals surface area (Å²) >= 11 is 0. The molecule has 8 heteroatoms. The number of aromatic nitrogens is 2. The topological polar surface area (TPSA) is 105 Å². The lowest BCUT2D eigenvalue weighted by Gasteiger charge is -2.35. The van der Waals surface area contributed by atoms with Gasteiger partial charge in [0.2, 0.25) is 11.9 Å². The Balaban J connectivity index is 1.52. The molecule has 1 aromatic heterocycles. The standard InChI is InChI=1S/C20H33N5O3/c1-15-17(16(2)23-19(21)22-15)4-5-18(26)25-8-3-6-20(27,7-9-25)14-24-10-12-28-13-11-24/h27H,3-14H2,1-2H3,(H2,21,22,23). The highest BCUT2D eigenvalue weighted by Crippen LogP contribution is 2.25. The third-order valence-corrected chi connectivity index (χ3v) is 5.92. The van der Waals surface area contributed by atoms with Gasteiger partial charge in [0, 0.05) is 50.5 Å². The molecule has 1 atom stereocenters. The number of morpholine rings is 1. The number of hydrogen-bond donors (Lipinski definition) is 2. The molecule has 1 unspecified atom stereocenters. The normalized spacial score (nSPS) is 24.2. The van der Waals surface area contributed by atoms with Gasteiger partial charge in [-0.05, 0) is 45.1 Å². The van der Waals surface area contributed by atoms with Crippen LogP contribution in [-0.4, -0.2) is 82.3 Å². The molecule has 28 heavy (non-hydrogen) atoms. The van der Waals surface area contributed by atoms with Crippen LogP contribution in [0, 0.1) is 13.8 Å². The van der Waals surface area contributed by atoms with Gasteiger partial charge in [-0.3, -0.25) is 9.69 Å². The minimum atomic E-state index is -0.718. The molecule has 0 aromatic carbocycles. The van der Waals surface area contributed by atoms with Gasteiger partial charge in [-0.1, -0.05) is 0 Å². The second kappa shape index (κ2) is 9.15. The zero-order chi connectivity index (χ0) is 20.1. The summed E-state index contributed by atoms with van der Waals surface area (Å²) in [4.78, 5) is 25.4. The number of anilines is 1. The maximum atomic E-state index is 12.8. The highest BCUT2D eigenvalue weighted by atomic mass is 16.5. The number of aryl methyl sites for hydroxylation is 2. The molecule has 0 aliphatic carbocycles. The molecule has 8 nitrogen and oxygen atoms in total. The van der Waals surface area contributed by atoms with E-state index in [-0.39, 0.29) is 11.9 Å². The first-order chi connectivity index (χ1) is 13.4. The van der Waals surface area contributed by atoms with Crippen LogP contribution < -0.4 is 5.73 Å². The zero-order valence-corrected chi connectivity index (χ0v) is 17.1. The van der Waals surface area contributed by atoms with E-state index in [2.05, 4.69) is 14.9 Å². The second-order valence-corrected chi connectivity index (χ2v) is 8.08. The summed E-state index contributed by atoms with van der Waals surface area (Å²) in [5.74, 6) is 0.406. The predicted octanol–water partition coefficient (Wildman–Crippen LogP) is 0.684. The average molecular weight is 392 g/mol. The summed E-state index contributed by atoms with van der Waals surface area (Å²) in [6.45, 7) is 8.99. The fourth-order valence-electron chi connectivity index (χ4n) is 4.28. The Morgan fingerprint density at radius 2 is 1.82 bits per heavy atom. The first-order valence-corrected chi connectivity index (χ1v) is 10.3. The van der Waals surface area contributed by atoms with Crippen LogP contribution in [0.25, 0.3) is 0 Å². The van der Waals surface area contributed by atoms with Gasteiger partial charge < -0.3 is 20.5 Å². The molecule has 2 fully saturated rings. The molecule has 2 saturated heterocycles. The van der Waals surface area contributed by atoms with E-state index >= 15 is 0 Å². The summed E-state index contributed by atoms with van der Waals surface area (Å²) in [5.41, 5.74) is 7.65. The quantitative estimate of drug-likeness (QED) is 0.761. The number of ether oxygens (including phenoxy) is 1. The molecule has 2 aliphatic rings. The van der Waals surface area contributed by atoms with Crippen molar-refractivity contribution in [3.05, 3.63) is 17.0 Å². The van der Waals surface area contributed by atoms with Crippen molar-refractivity contribution >= 4 is 11.9 Å². The fourth-order valence-corrected chi connectivity index (χ4v) is 4.28. The van der Waals surface area contributed by atoms with Crippen LogP contribution in [0.3, 0.4) is 0 Å². The first-order valence-electron chi connectivity index (χ1n) is 10.3. The summed E-state index contributed by atoms with van der Waals surface area (Å²) in [7, 11) is 0. The average Bonchev–Trinajstić information content (AvgIpc) is 2.83. The number of aliphatic hydroxyl groups is 1. The summed E-state index contributed by atoms with van der Waals surface area (Å²) < 4.78 is 5.39. The van der Waals surface area contributed by atoms with Crippen LogP contribution in [-0.2, 0) is 16.0 Å². The summed E-state index contributed by atoms with van der Waals surface area (Å²) in [5, 5.41) is 11.1. The van der Waals surface area contributed by atoms with Gasteiger partial charge in [-0.2, -0.15) is 0 Å². The number of amides is 1. The predicted molar refractivity (Wildman–Crippen MR) is 107 cm³/mol. The van der Waals surface area contributed by atoms with E-state index < -0.39 is 5.60 Å². The number of hydrogen-bond acceptors (Lipinski definition) is 7. The molecule has 0 spiro atoms. The van der Waals surface area contributed by atoms with E-state index in [1.807, 2.05) is 18.7 Å². The number of rotatable bonds is 5. The van der Waals surface area contributed by atoms with E-state index in [0.717, 1.165) is 56.1 Å². The smallest absolute Gasteiger partial charge is 0.222 e. The zero-order valence-electron chi connectivity index (χ0n) is 17.1. The minimum Gasteiger partial charge on any atom is -0.388 e. The van der Waals surface area contributed by atoms with Crippen molar-refractivity contribution in [1.82, 2.24) is 19.8 Å². The molecular weight excluding hydrogens is 358 g/mol. The van der Waals surface area contributed by atoms with Crippen molar-refractivity contribution < 1.29 is 14.6 Å². The molecule has 3 heterocycles.